The Kier molecular flexibility index (Phi) is 3.48. The molecule has 0 atom stereocenters. The van der Waals surface area contributed by atoms with Gasteiger partial charge in [0.15, 0.2) is 0 Å². The van der Waals surface area contributed by atoms with E-state index in [-0.39, 0.29) is 0 Å². The molecule has 96 valence electrons. The van der Waals surface area contributed by atoms with Gasteiger partial charge in [-0.3, -0.25) is 0 Å². The first-order valence-corrected chi connectivity index (χ1v) is 6.99. The molecule has 2 aromatic carbocycles. The third-order valence-corrected chi connectivity index (χ3v) is 4.05. The molecule has 1 aliphatic rings. The van der Waals surface area contributed by atoms with Gasteiger partial charge in [0.2, 0.25) is 0 Å². The van der Waals surface area contributed by atoms with Gasteiger partial charge in [0.1, 0.15) is 0 Å². The van der Waals surface area contributed by atoms with Crippen molar-refractivity contribution in [1.29, 1.82) is 5.26 Å². The maximum absolute atomic E-state index is 9.11. The van der Waals surface area contributed by atoms with Crippen molar-refractivity contribution in [2.45, 2.75) is 19.3 Å². The van der Waals surface area contributed by atoms with Crippen molar-refractivity contribution in [1.82, 2.24) is 5.32 Å². The van der Waals surface area contributed by atoms with Crippen molar-refractivity contribution in [3.63, 3.8) is 0 Å². The molecule has 0 amide bonds. The molecule has 1 saturated heterocycles. The van der Waals surface area contributed by atoms with Crippen molar-refractivity contribution in [3.8, 4) is 6.07 Å². The fourth-order valence-corrected chi connectivity index (χ4v) is 2.98. The molecule has 2 heteroatoms. The molecule has 1 heterocycles. The molecule has 0 aliphatic carbocycles. The van der Waals surface area contributed by atoms with E-state index in [1.807, 2.05) is 12.1 Å². The summed E-state index contributed by atoms with van der Waals surface area (Å²) in [5, 5.41) is 14.8. The average molecular weight is 250 g/mol. The maximum Gasteiger partial charge on any atom is 0.0998 e. The van der Waals surface area contributed by atoms with Gasteiger partial charge in [-0.2, -0.15) is 5.26 Å². The highest BCUT2D eigenvalue weighted by Crippen LogP contribution is 2.23. The summed E-state index contributed by atoms with van der Waals surface area (Å²) in [4.78, 5) is 0. The number of nitriles is 1. The van der Waals surface area contributed by atoms with Crippen LogP contribution < -0.4 is 5.32 Å². The fourth-order valence-electron chi connectivity index (χ4n) is 2.98. The Bertz CT molecular complexity index is 619. The first-order valence-electron chi connectivity index (χ1n) is 6.99. The topological polar surface area (TPSA) is 35.8 Å². The Morgan fingerprint density at radius 2 is 2.00 bits per heavy atom. The van der Waals surface area contributed by atoms with E-state index in [9.17, 15) is 0 Å². The zero-order valence-corrected chi connectivity index (χ0v) is 11.0. The number of piperidine rings is 1. The summed E-state index contributed by atoms with van der Waals surface area (Å²) < 4.78 is 0. The number of rotatable bonds is 2. The Hall–Kier alpha value is -1.85. The Balaban J connectivity index is 1.87. The summed E-state index contributed by atoms with van der Waals surface area (Å²) in [6.07, 6.45) is 3.71. The number of hydrogen-bond acceptors (Lipinski definition) is 2. The van der Waals surface area contributed by atoms with E-state index in [4.69, 9.17) is 5.26 Å². The minimum absolute atomic E-state index is 0.769. The van der Waals surface area contributed by atoms with Crippen LogP contribution in [-0.4, -0.2) is 13.1 Å². The summed E-state index contributed by atoms with van der Waals surface area (Å²) in [5.41, 5.74) is 2.17. The summed E-state index contributed by atoms with van der Waals surface area (Å²) >= 11 is 0. The second-order valence-electron chi connectivity index (χ2n) is 5.37. The van der Waals surface area contributed by atoms with E-state index in [1.54, 1.807) is 0 Å². The molecular weight excluding hydrogens is 232 g/mol. The van der Waals surface area contributed by atoms with E-state index in [2.05, 4.69) is 35.7 Å². The van der Waals surface area contributed by atoms with E-state index in [0.717, 1.165) is 36.4 Å². The first-order chi connectivity index (χ1) is 9.36. The zero-order chi connectivity index (χ0) is 13.1. The van der Waals surface area contributed by atoms with Crippen molar-refractivity contribution in [2.75, 3.05) is 13.1 Å². The maximum atomic E-state index is 9.11. The molecular formula is C17H18N2. The predicted octanol–water partition coefficient (Wildman–Crippen LogP) is 3.25. The van der Waals surface area contributed by atoms with Gasteiger partial charge in [-0.15, -0.1) is 0 Å². The second kappa shape index (κ2) is 5.42. The molecule has 3 rings (SSSR count). The van der Waals surface area contributed by atoms with E-state index < -0.39 is 0 Å². The Labute approximate surface area is 114 Å². The summed E-state index contributed by atoms with van der Waals surface area (Å²) in [7, 11) is 0. The molecule has 0 unspecified atom stereocenters. The lowest BCUT2D eigenvalue weighted by Crippen LogP contribution is -2.28. The molecule has 0 aromatic heterocycles. The van der Waals surface area contributed by atoms with Crippen LogP contribution in [0.3, 0.4) is 0 Å². The largest absolute Gasteiger partial charge is 0.317 e. The quantitative estimate of drug-likeness (QED) is 0.888. The van der Waals surface area contributed by atoms with Gasteiger partial charge >= 0.3 is 0 Å². The molecule has 1 fully saturated rings. The molecule has 0 saturated carbocycles. The number of nitrogens with one attached hydrogen (secondary N) is 1. The van der Waals surface area contributed by atoms with E-state index in [0.29, 0.717) is 0 Å². The van der Waals surface area contributed by atoms with Crippen molar-refractivity contribution in [3.05, 3.63) is 47.5 Å². The van der Waals surface area contributed by atoms with Gasteiger partial charge in [-0.25, -0.2) is 0 Å². The van der Waals surface area contributed by atoms with Crippen LogP contribution in [-0.2, 0) is 6.42 Å². The highest BCUT2D eigenvalue weighted by atomic mass is 14.9. The minimum atomic E-state index is 0.769. The Morgan fingerprint density at radius 1 is 1.16 bits per heavy atom. The van der Waals surface area contributed by atoms with Crippen LogP contribution in [0.1, 0.15) is 24.0 Å². The van der Waals surface area contributed by atoms with E-state index in [1.165, 1.54) is 23.8 Å². The SMILES string of the molecule is N#Cc1cccc2cc(CC3CCNCC3)ccc12. The van der Waals surface area contributed by atoms with Crippen LogP contribution in [0.25, 0.3) is 10.8 Å². The highest BCUT2D eigenvalue weighted by Gasteiger charge is 2.13. The summed E-state index contributed by atoms with van der Waals surface area (Å²) in [6.45, 7) is 2.30. The lowest BCUT2D eigenvalue weighted by molar-refractivity contribution is 0.373. The highest BCUT2D eigenvalue weighted by molar-refractivity contribution is 5.88. The standard InChI is InChI=1S/C17H18N2/c18-12-16-3-1-2-15-11-14(4-5-17(15)16)10-13-6-8-19-9-7-13/h1-5,11,13,19H,6-10H2. The van der Waals surface area contributed by atoms with Gasteiger partial charge in [0, 0.05) is 0 Å². The normalized spacial score (nSPS) is 16.4. The summed E-state index contributed by atoms with van der Waals surface area (Å²) in [6, 6.07) is 14.7. The van der Waals surface area contributed by atoms with Gasteiger partial charge in [0.25, 0.3) is 0 Å². The van der Waals surface area contributed by atoms with E-state index >= 15 is 0 Å². The molecule has 1 aliphatic heterocycles. The molecule has 19 heavy (non-hydrogen) atoms. The molecule has 0 radical (unpaired) electrons. The third-order valence-electron chi connectivity index (χ3n) is 4.05. The number of fused-ring (bicyclic) bond motifs is 1. The van der Waals surface area contributed by atoms with Gasteiger partial charge < -0.3 is 5.32 Å². The number of benzene rings is 2. The average Bonchev–Trinajstić information content (AvgIpc) is 2.47. The summed E-state index contributed by atoms with van der Waals surface area (Å²) in [5.74, 6) is 0.804. The van der Waals surface area contributed by atoms with Crippen LogP contribution >= 0.6 is 0 Å². The molecule has 0 spiro atoms. The van der Waals surface area contributed by atoms with Gasteiger partial charge in [-0.05, 0) is 60.7 Å². The fraction of sp³-hybridized carbons (Fsp3) is 0.353. The molecule has 2 aromatic rings. The number of nitrogens with zero attached hydrogens (tertiary/aromatic N) is 1. The predicted molar refractivity (Wildman–Crippen MR) is 78.0 cm³/mol. The van der Waals surface area contributed by atoms with Crippen molar-refractivity contribution in [2.24, 2.45) is 5.92 Å². The van der Waals surface area contributed by atoms with Gasteiger partial charge in [-0.1, -0.05) is 30.3 Å². The molecule has 2 nitrogen and oxygen atoms in total. The van der Waals surface area contributed by atoms with Gasteiger partial charge in [0.05, 0.1) is 11.6 Å². The lowest BCUT2D eigenvalue weighted by atomic mass is 9.90. The third kappa shape index (κ3) is 2.62. The van der Waals surface area contributed by atoms with Crippen molar-refractivity contribution < 1.29 is 0 Å². The van der Waals surface area contributed by atoms with Crippen molar-refractivity contribution >= 4 is 10.8 Å². The number of hydrogen-bond donors (Lipinski definition) is 1. The second-order valence-corrected chi connectivity index (χ2v) is 5.37. The first kappa shape index (κ1) is 12.2. The lowest BCUT2D eigenvalue weighted by Gasteiger charge is -2.22. The smallest absolute Gasteiger partial charge is 0.0998 e. The van der Waals surface area contributed by atoms with Crippen LogP contribution in [0.2, 0.25) is 0 Å². The monoisotopic (exact) mass is 250 g/mol. The van der Waals surface area contributed by atoms with Crippen LogP contribution in [0.15, 0.2) is 36.4 Å². The van der Waals surface area contributed by atoms with Crippen LogP contribution in [0.5, 0.6) is 0 Å². The molecule has 1 N–H and O–H groups in total. The molecule has 0 bridgehead atoms. The zero-order valence-electron chi connectivity index (χ0n) is 11.0. The minimum Gasteiger partial charge on any atom is -0.317 e. The Morgan fingerprint density at radius 3 is 2.79 bits per heavy atom. The van der Waals surface area contributed by atoms with Crippen LogP contribution in [0.4, 0.5) is 0 Å². The van der Waals surface area contributed by atoms with Crippen LogP contribution in [0, 0.1) is 17.2 Å².